The summed E-state index contributed by atoms with van der Waals surface area (Å²) < 4.78 is 22.4. The molecule has 20 heavy (non-hydrogen) atoms. The van der Waals surface area contributed by atoms with Gasteiger partial charge in [0.05, 0.1) is 32.5 Å². The first-order valence-electron chi connectivity index (χ1n) is 7.65. The maximum absolute atomic E-state index is 8.90. The molecule has 1 heterocycles. The van der Waals surface area contributed by atoms with Crippen molar-refractivity contribution in [1.29, 1.82) is 5.26 Å². The second-order valence-corrected chi connectivity index (χ2v) is 5.47. The van der Waals surface area contributed by atoms with Gasteiger partial charge >= 0.3 is 0 Å². The van der Waals surface area contributed by atoms with Crippen molar-refractivity contribution < 1.29 is 18.9 Å². The van der Waals surface area contributed by atoms with Gasteiger partial charge < -0.3 is 18.9 Å². The fraction of sp³-hybridized carbons (Fsp3) is 0.933. The lowest BCUT2D eigenvalue weighted by atomic mass is 9.82. The van der Waals surface area contributed by atoms with E-state index in [1.807, 2.05) is 6.92 Å². The molecule has 0 aromatic heterocycles. The zero-order chi connectivity index (χ0) is 14.2. The lowest BCUT2D eigenvalue weighted by Gasteiger charge is -2.36. The minimum atomic E-state index is -0.110. The van der Waals surface area contributed by atoms with Crippen LogP contribution >= 0.6 is 0 Å². The Hall–Kier alpha value is -0.670. The molecule has 5 heteroatoms. The third-order valence-electron chi connectivity index (χ3n) is 4.02. The van der Waals surface area contributed by atoms with Crippen LogP contribution in [0, 0.1) is 23.2 Å². The lowest BCUT2D eigenvalue weighted by Crippen LogP contribution is -2.42. The Morgan fingerprint density at radius 2 is 1.80 bits per heavy atom. The topological polar surface area (TPSA) is 60.7 Å². The molecule has 1 saturated heterocycles. The summed E-state index contributed by atoms with van der Waals surface area (Å²) in [4.78, 5) is 0. The average Bonchev–Trinajstić information content (AvgIpc) is 2.52. The van der Waals surface area contributed by atoms with Crippen LogP contribution in [0.4, 0.5) is 0 Å². The van der Waals surface area contributed by atoms with E-state index in [4.69, 9.17) is 24.2 Å². The fourth-order valence-corrected chi connectivity index (χ4v) is 2.81. The Balaban J connectivity index is 1.61. The first-order valence-corrected chi connectivity index (χ1v) is 7.65. The van der Waals surface area contributed by atoms with Crippen LogP contribution in [0.5, 0.6) is 0 Å². The summed E-state index contributed by atoms with van der Waals surface area (Å²) in [5, 5.41) is 8.90. The highest BCUT2D eigenvalue weighted by molar-refractivity contribution is 4.88. The van der Waals surface area contributed by atoms with Crippen LogP contribution in [-0.4, -0.2) is 45.4 Å². The van der Waals surface area contributed by atoms with Crippen molar-refractivity contribution in [3.05, 3.63) is 0 Å². The fourth-order valence-electron chi connectivity index (χ4n) is 2.81. The van der Waals surface area contributed by atoms with E-state index in [1.54, 1.807) is 0 Å². The molecule has 0 amide bonds. The summed E-state index contributed by atoms with van der Waals surface area (Å²) in [6.45, 7) is 5.08. The van der Waals surface area contributed by atoms with Crippen LogP contribution in [-0.2, 0) is 18.9 Å². The molecule has 2 rings (SSSR count). The third kappa shape index (κ3) is 4.71. The zero-order valence-electron chi connectivity index (χ0n) is 12.3. The van der Waals surface area contributed by atoms with Gasteiger partial charge in [0.25, 0.3) is 0 Å². The number of nitriles is 1. The predicted octanol–water partition coefficient (Wildman–Crippen LogP) is 2.11. The molecule has 0 atom stereocenters. The van der Waals surface area contributed by atoms with E-state index in [9.17, 15) is 0 Å². The van der Waals surface area contributed by atoms with Crippen LogP contribution in [0.1, 0.15) is 32.6 Å². The van der Waals surface area contributed by atoms with Crippen LogP contribution in [0.2, 0.25) is 0 Å². The van der Waals surface area contributed by atoms with Crippen molar-refractivity contribution in [2.24, 2.45) is 11.8 Å². The van der Waals surface area contributed by atoms with E-state index in [-0.39, 0.29) is 18.3 Å². The Labute approximate surface area is 121 Å². The highest BCUT2D eigenvalue weighted by Crippen LogP contribution is 2.33. The van der Waals surface area contributed by atoms with E-state index in [1.165, 1.54) is 0 Å². The highest BCUT2D eigenvalue weighted by atomic mass is 16.7. The first kappa shape index (κ1) is 15.7. The van der Waals surface area contributed by atoms with Gasteiger partial charge in [-0.25, -0.2) is 0 Å². The Bertz CT molecular complexity index is 301. The Morgan fingerprint density at radius 3 is 2.40 bits per heavy atom. The molecular weight excluding hydrogens is 258 g/mol. The van der Waals surface area contributed by atoms with E-state index in [2.05, 4.69) is 6.07 Å². The van der Waals surface area contributed by atoms with Crippen molar-refractivity contribution in [1.82, 2.24) is 0 Å². The Morgan fingerprint density at radius 1 is 1.10 bits per heavy atom. The van der Waals surface area contributed by atoms with Gasteiger partial charge in [-0.3, -0.25) is 0 Å². The maximum Gasteiger partial charge on any atom is 0.160 e. The molecule has 5 nitrogen and oxygen atoms in total. The summed E-state index contributed by atoms with van der Waals surface area (Å²) in [6.07, 6.45) is 3.90. The average molecular weight is 283 g/mol. The van der Waals surface area contributed by atoms with Crippen LogP contribution < -0.4 is 0 Å². The Kier molecular flexibility index (Phi) is 6.74. The number of hydrogen-bond acceptors (Lipinski definition) is 5. The number of rotatable bonds is 6. The first-order chi connectivity index (χ1) is 9.83. The molecule has 0 unspecified atom stereocenters. The predicted molar refractivity (Wildman–Crippen MR) is 73.0 cm³/mol. The van der Waals surface area contributed by atoms with Gasteiger partial charge in [-0.15, -0.1) is 0 Å². The summed E-state index contributed by atoms with van der Waals surface area (Å²) in [6, 6.07) is 2.35. The van der Waals surface area contributed by atoms with Crippen molar-refractivity contribution in [3.63, 3.8) is 0 Å². The molecule has 0 bridgehead atoms. The van der Waals surface area contributed by atoms with Crippen molar-refractivity contribution in [2.75, 3.05) is 33.0 Å². The van der Waals surface area contributed by atoms with Crippen molar-refractivity contribution in [3.8, 4) is 6.07 Å². The van der Waals surface area contributed by atoms with Crippen molar-refractivity contribution in [2.45, 2.75) is 45.0 Å². The molecule has 114 valence electrons. The van der Waals surface area contributed by atoms with Gasteiger partial charge in [-0.1, -0.05) is 0 Å². The maximum atomic E-state index is 8.90. The number of ether oxygens (including phenoxy) is 4. The molecular formula is C15H25NO4. The van der Waals surface area contributed by atoms with E-state index in [0.717, 1.165) is 25.7 Å². The van der Waals surface area contributed by atoms with Crippen LogP contribution in [0.3, 0.4) is 0 Å². The van der Waals surface area contributed by atoms with E-state index >= 15 is 0 Å². The largest absolute Gasteiger partial charge is 0.379 e. The molecule has 0 aromatic rings. The van der Waals surface area contributed by atoms with Gasteiger partial charge in [-0.05, 0) is 32.6 Å². The summed E-state index contributed by atoms with van der Waals surface area (Å²) >= 11 is 0. The molecule has 1 saturated carbocycles. The normalized spacial score (nSPS) is 34.6. The highest BCUT2D eigenvalue weighted by Gasteiger charge is 2.32. The van der Waals surface area contributed by atoms with Gasteiger partial charge in [0.15, 0.2) is 6.29 Å². The molecule has 1 aliphatic heterocycles. The molecule has 0 aromatic carbocycles. The summed E-state index contributed by atoms with van der Waals surface area (Å²) in [7, 11) is 0. The summed E-state index contributed by atoms with van der Waals surface area (Å²) in [5.41, 5.74) is 0. The van der Waals surface area contributed by atoms with Gasteiger partial charge in [-0.2, -0.15) is 5.26 Å². The van der Waals surface area contributed by atoms with Crippen LogP contribution in [0.25, 0.3) is 0 Å². The minimum Gasteiger partial charge on any atom is -0.379 e. The van der Waals surface area contributed by atoms with Gasteiger partial charge in [0.2, 0.25) is 0 Å². The SMILES string of the molecule is CCOCCO[C@H]1CO[C@H]([C@H]2CC[C@H](C#N)CC2)OC1. The van der Waals surface area contributed by atoms with E-state index in [0.29, 0.717) is 39.0 Å². The van der Waals surface area contributed by atoms with Crippen LogP contribution in [0.15, 0.2) is 0 Å². The second-order valence-electron chi connectivity index (χ2n) is 5.47. The molecule has 0 spiro atoms. The second kappa shape index (κ2) is 8.58. The molecule has 0 N–H and O–H groups in total. The lowest BCUT2D eigenvalue weighted by molar-refractivity contribution is -0.250. The molecule has 2 aliphatic rings. The number of hydrogen-bond donors (Lipinski definition) is 0. The third-order valence-corrected chi connectivity index (χ3v) is 4.02. The minimum absolute atomic E-state index is 0.0159. The van der Waals surface area contributed by atoms with E-state index < -0.39 is 0 Å². The summed E-state index contributed by atoms with van der Waals surface area (Å²) in [5.74, 6) is 0.661. The standard InChI is InChI=1S/C15H25NO4/c1-2-17-7-8-18-14-10-19-15(20-11-14)13-5-3-12(9-16)4-6-13/h12-15H,2-8,10-11H2,1H3/t12-,13-,14-,15-. The quantitative estimate of drug-likeness (QED) is 0.699. The molecule has 0 radical (unpaired) electrons. The van der Waals surface area contributed by atoms with Gasteiger partial charge in [0.1, 0.15) is 6.10 Å². The van der Waals surface area contributed by atoms with Gasteiger partial charge in [0, 0.05) is 18.4 Å². The molecule has 2 fully saturated rings. The van der Waals surface area contributed by atoms with Crippen molar-refractivity contribution >= 4 is 0 Å². The monoisotopic (exact) mass is 283 g/mol. The smallest absolute Gasteiger partial charge is 0.160 e. The number of nitrogens with zero attached hydrogens (tertiary/aromatic N) is 1. The molecule has 1 aliphatic carbocycles. The zero-order valence-corrected chi connectivity index (χ0v) is 12.3.